The minimum absolute atomic E-state index is 0.419. The minimum Gasteiger partial charge on any atom is -0.379 e. The van der Waals surface area contributed by atoms with Gasteiger partial charge in [0, 0.05) is 25.0 Å². The summed E-state index contributed by atoms with van der Waals surface area (Å²) >= 11 is 0. The van der Waals surface area contributed by atoms with Gasteiger partial charge in [-0.2, -0.15) is 0 Å². The summed E-state index contributed by atoms with van der Waals surface area (Å²) in [6.45, 7) is 14.2. The number of unbranched alkanes of at least 4 members (excludes halogenated alkanes) is 2. The van der Waals surface area contributed by atoms with Crippen LogP contribution in [0.4, 0.5) is 0 Å². The SMILES string of the molecule is CCCCCC(C)(C)CNCC1COCC1NCC. The van der Waals surface area contributed by atoms with Crippen molar-refractivity contribution in [3.8, 4) is 0 Å². The molecule has 0 spiro atoms. The molecule has 2 unspecified atom stereocenters. The third-order valence-corrected chi connectivity index (χ3v) is 4.13. The summed E-state index contributed by atoms with van der Waals surface area (Å²) in [6.07, 6.45) is 5.36. The molecule has 0 aromatic heterocycles. The third kappa shape index (κ3) is 6.73. The van der Waals surface area contributed by atoms with E-state index in [1.54, 1.807) is 0 Å². The van der Waals surface area contributed by atoms with E-state index in [0.29, 0.717) is 17.4 Å². The van der Waals surface area contributed by atoms with E-state index in [0.717, 1.165) is 32.8 Å². The fraction of sp³-hybridized carbons (Fsp3) is 1.00. The average molecular weight is 270 g/mol. The maximum Gasteiger partial charge on any atom is 0.0623 e. The number of ether oxygens (including phenoxy) is 1. The standard InChI is InChI=1S/C16H34N2O/c1-5-7-8-9-16(3,4)13-17-10-14-11-19-12-15(14)18-6-2/h14-15,17-18H,5-13H2,1-4H3. The maximum absolute atomic E-state index is 5.58. The highest BCUT2D eigenvalue weighted by Crippen LogP contribution is 2.23. The van der Waals surface area contributed by atoms with E-state index in [1.807, 2.05) is 0 Å². The summed E-state index contributed by atoms with van der Waals surface area (Å²) in [4.78, 5) is 0. The Hall–Kier alpha value is -0.120. The summed E-state index contributed by atoms with van der Waals surface area (Å²) in [5.41, 5.74) is 0.419. The van der Waals surface area contributed by atoms with E-state index >= 15 is 0 Å². The van der Waals surface area contributed by atoms with Gasteiger partial charge in [0.15, 0.2) is 0 Å². The normalized spacial score (nSPS) is 24.0. The van der Waals surface area contributed by atoms with Gasteiger partial charge in [-0.25, -0.2) is 0 Å². The monoisotopic (exact) mass is 270 g/mol. The van der Waals surface area contributed by atoms with Gasteiger partial charge in [-0.15, -0.1) is 0 Å². The van der Waals surface area contributed by atoms with Crippen LogP contribution in [0.3, 0.4) is 0 Å². The Labute approximate surface area is 119 Å². The van der Waals surface area contributed by atoms with E-state index < -0.39 is 0 Å². The number of likely N-dealkylation sites (N-methyl/N-ethyl adjacent to an activating group) is 1. The molecule has 1 aliphatic heterocycles. The van der Waals surface area contributed by atoms with Gasteiger partial charge in [-0.05, 0) is 18.4 Å². The van der Waals surface area contributed by atoms with Crippen LogP contribution in [0.15, 0.2) is 0 Å². The molecule has 0 radical (unpaired) electrons. The highest BCUT2D eigenvalue weighted by molar-refractivity contribution is 4.83. The largest absolute Gasteiger partial charge is 0.379 e. The zero-order chi connectivity index (χ0) is 14.1. The van der Waals surface area contributed by atoms with Crippen molar-refractivity contribution in [1.82, 2.24) is 10.6 Å². The first-order valence-electron chi connectivity index (χ1n) is 8.11. The number of hydrogen-bond acceptors (Lipinski definition) is 3. The summed E-state index contributed by atoms with van der Waals surface area (Å²) < 4.78 is 5.58. The van der Waals surface area contributed by atoms with Gasteiger partial charge in [0.2, 0.25) is 0 Å². The van der Waals surface area contributed by atoms with Gasteiger partial charge in [-0.1, -0.05) is 47.0 Å². The van der Waals surface area contributed by atoms with E-state index in [9.17, 15) is 0 Å². The molecule has 2 atom stereocenters. The molecule has 0 aliphatic carbocycles. The second kappa shape index (κ2) is 8.93. The fourth-order valence-corrected chi connectivity index (χ4v) is 2.83. The van der Waals surface area contributed by atoms with Crippen LogP contribution in [0, 0.1) is 11.3 Å². The molecule has 114 valence electrons. The highest BCUT2D eigenvalue weighted by Gasteiger charge is 2.27. The van der Waals surface area contributed by atoms with Gasteiger partial charge in [0.1, 0.15) is 0 Å². The van der Waals surface area contributed by atoms with Crippen LogP contribution in [0.5, 0.6) is 0 Å². The Morgan fingerprint density at radius 3 is 2.63 bits per heavy atom. The summed E-state index contributed by atoms with van der Waals surface area (Å²) in [6, 6.07) is 0.542. The van der Waals surface area contributed by atoms with E-state index in [2.05, 4.69) is 38.3 Å². The zero-order valence-corrected chi connectivity index (χ0v) is 13.4. The van der Waals surface area contributed by atoms with Crippen LogP contribution in [0.2, 0.25) is 0 Å². The Morgan fingerprint density at radius 1 is 1.16 bits per heavy atom. The fourth-order valence-electron chi connectivity index (χ4n) is 2.83. The van der Waals surface area contributed by atoms with Crippen molar-refractivity contribution >= 4 is 0 Å². The van der Waals surface area contributed by atoms with Crippen molar-refractivity contribution in [2.24, 2.45) is 11.3 Å². The Balaban J connectivity index is 2.17. The molecular weight excluding hydrogens is 236 g/mol. The van der Waals surface area contributed by atoms with E-state index in [1.165, 1.54) is 25.7 Å². The zero-order valence-electron chi connectivity index (χ0n) is 13.4. The van der Waals surface area contributed by atoms with Crippen molar-refractivity contribution in [3.63, 3.8) is 0 Å². The third-order valence-electron chi connectivity index (χ3n) is 4.13. The Bertz CT molecular complexity index is 231. The molecule has 0 aromatic carbocycles. The van der Waals surface area contributed by atoms with Crippen LogP contribution >= 0.6 is 0 Å². The second-order valence-corrected chi connectivity index (χ2v) is 6.71. The topological polar surface area (TPSA) is 33.3 Å². The molecule has 0 saturated carbocycles. The summed E-state index contributed by atoms with van der Waals surface area (Å²) in [5, 5.41) is 7.18. The lowest BCUT2D eigenvalue weighted by Gasteiger charge is -2.27. The molecule has 0 aromatic rings. The lowest BCUT2D eigenvalue weighted by atomic mass is 9.86. The molecule has 0 bridgehead atoms. The first kappa shape index (κ1) is 16.9. The number of rotatable bonds is 10. The predicted molar refractivity (Wildman–Crippen MR) is 82.6 cm³/mol. The molecule has 2 N–H and O–H groups in total. The summed E-state index contributed by atoms with van der Waals surface area (Å²) in [7, 11) is 0. The van der Waals surface area contributed by atoms with Gasteiger partial charge in [0.05, 0.1) is 13.2 Å². The van der Waals surface area contributed by atoms with Crippen molar-refractivity contribution in [3.05, 3.63) is 0 Å². The molecule has 1 rings (SSSR count). The van der Waals surface area contributed by atoms with Crippen LogP contribution in [0.25, 0.3) is 0 Å². The maximum atomic E-state index is 5.58. The van der Waals surface area contributed by atoms with Crippen LogP contribution in [-0.2, 0) is 4.74 Å². The molecule has 0 amide bonds. The van der Waals surface area contributed by atoms with E-state index in [-0.39, 0.29) is 0 Å². The highest BCUT2D eigenvalue weighted by atomic mass is 16.5. The van der Waals surface area contributed by atoms with Crippen molar-refractivity contribution in [2.45, 2.75) is 59.4 Å². The molecular formula is C16H34N2O. The minimum atomic E-state index is 0.419. The molecule has 1 aliphatic rings. The Kier molecular flexibility index (Phi) is 7.96. The van der Waals surface area contributed by atoms with Crippen LogP contribution in [0.1, 0.15) is 53.4 Å². The molecule has 1 heterocycles. The average Bonchev–Trinajstić information content (AvgIpc) is 2.77. The van der Waals surface area contributed by atoms with Gasteiger partial charge in [-0.3, -0.25) is 0 Å². The van der Waals surface area contributed by atoms with E-state index in [4.69, 9.17) is 4.74 Å². The number of hydrogen-bond donors (Lipinski definition) is 2. The van der Waals surface area contributed by atoms with Crippen LogP contribution < -0.4 is 10.6 Å². The summed E-state index contributed by atoms with van der Waals surface area (Å²) in [5.74, 6) is 0.631. The lowest BCUT2D eigenvalue weighted by molar-refractivity contribution is 0.181. The smallest absolute Gasteiger partial charge is 0.0623 e. The Morgan fingerprint density at radius 2 is 1.95 bits per heavy atom. The van der Waals surface area contributed by atoms with Crippen LogP contribution in [-0.4, -0.2) is 38.9 Å². The van der Waals surface area contributed by atoms with Gasteiger partial charge < -0.3 is 15.4 Å². The molecule has 3 nitrogen and oxygen atoms in total. The van der Waals surface area contributed by atoms with Gasteiger partial charge >= 0.3 is 0 Å². The second-order valence-electron chi connectivity index (χ2n) is 6.71. The predicted octanol–water partition coefficient (Wildman–Crippen LogP) is 2.81. The number of nitrogens with one attached hydrogen (secondary N) is 2. The van der Waals surface area contributed by atoms with Crippen molar-refractivity contribution in [2.75, 3.05) is 32.8 Å². The first-order valence-corrected chi connectivity index (χ1v) is 8.11. The molecule has 1 saturated heterocycles. The van der Waals surface area contributed by atoms with Crippen molar-refractivity contribution < 1.29 is 4.74 Å². The molecule has 1 fully saturated rings. The molecule has 19 heavy (non-hydrogen) atoms. The lowest BCUT2D eigenvalue weighted by Crippen LogP contribution is -2.42. The first-order chi connectivity index (χ1) is 9.09. The van der Waals surface area contributed by atoms with Crippen molar-refractivity contribution in [1.29, 1.82) is 0 Å². The molecule has 3 heteroatoms. The van der Waals surface area contributed by atoms with Gasteiger partial charge in [0.25, 0.3) is 0 Å². The quantitative estimate of drug-likeness (QED) is 0.599.